The lowest BCUT2D eigenvalue weighted by Crippen LogP contribution is -2.50. The van der Waals surface area contributed by atoms with E-state index in [0.717, 1.165) is 0 Å². The van der Waals surface area contributed by atoms with Crippen molar-refractivity contribution in [1.82, 2.24) is 4.90 Å². The summed E-state index contributed by atoms with van der Waals surface area (Å²) in [6.07, 6.45) is 0.702. The van der Waals surface area contributed by atoms with Crippen LogP contribution < -0.4 is 4.74 Å². The van der Waals surface area contributed by atoms with Gasteiger partial charge in [-0.25, -0.2) is 4.39 Å². The van der Waals surface area contributed by atoms with E-state index in [0.29, 0.717) is 49.4 Å². The first-order chi connectivity index (χ1) is 11.0. The van der Waals surface area contributed by atoms with Crippen LogP contribution in [0, 0.1) is 5.82 Å². The highest BCUT2D eigenvalue weighted by molar-refractivity contribution is 9.10. The summed E-state index contributed by atoms with van der Waals surface area (Å²) in [5.41, 5.74) is 0. The van der Waals surface area contributed by atoms with E-state index >= 15 is 0 Å². The summed E-state index contributed by atoms with van der Waals surface area (Å²) < 4.78 is 30.6. The number of likely N-dealkylation sites (tertiary alicyclic amines) is 1. The second kappa shape index (κ2) is 6.75. The van der Waals surface area contributed by atoms with Crippen molar-refractivity contribution in [1.29, 1.82) is 0 Å². The summed E-state index contributed by atoms with van der Waals surface area (Å²) in [7, 11) is 0. The van der Waals surface area contributed by atoms with E-state index in [-0.39, 0.29) is 11.7 Å². The summed E-state index contributed by atoms with van der Waals surface area (Å²) >= 11 is 3.24. The molecule has 2 aliphatic rings. The first-order valence-corrected chi connectivity index (χ1v) is 8.47. The van der Waals surface area contributed by atoms with Gasteiger partial charge in [-0.2, -0.15) is 0 Å². The molecular formula is C16H19BrFNO4. The molecule has 0 aromatic heterocycles. The van der Waals surface area contributed by atoms with Crippen molar-refractivity contribution < 1.29 is 23.4 Å². The maximum atomic E-state index is 13.1. The average Bonchev–Trinajstić information content (AvgIpc) is 2.98. The van der Waals surface area contributed by atoms with Gasteiger partial charge in [-0.05, 0) is 41.1 Å². The van der Waals surface area contributed by atoms with Crippen LogP contribution in [-0.2, 0) is 14.3 Å². The molecule has 2 saturated heterocycles. The van der Waals surface area contributed by atoms with Gasteiger partial charge in [-0.3, -0.25) is 4.79 Å². The van der Waals surface area contributed by atoms with E-state index in [9.17, 15) is 9.18 Å². The number of hydrogen-bond donors (Lipinski definition) is 0. The quantitative estimate of drug-likeness (QED) is 0.799. The van der Waals surface area contributed by atoms with Gasteiger partial charge in [0.2, 0.25) is 0 Å². The zero-order valence-electron chi connectivity index (χ0n) is 12.9. The van der Waals surface area contributed by atoms with E-state index in [1.807, 2.05) is 0 Å². The molecule has 0 bridgehead atoms. The highest BCUT2D eigenvalue weighted by Crippen LogP contribution is 2.32. The molecule has 0 saturated carbocycles. The van der Waals surface area contributed by atoms with E-state index in [4.69, 9.17) is 14.2 Å². The van der Waals surface area contributed by atoms with E-state index in [1.165, 1.54) is 18.2 Å². The molecule has 1 aromatic carbocycles. The molecule has 1 spiro atoms. The monoisotopic (exact) mass is 387 g/mol. The molecule has 2 aliphatic heterocycles. The Morgan fingerprint density at radius 2 is 2.00 bits per heavy atom. The number of carbonyl (C=O) groups excluding carboxylic acids is 1. The van der Waals surface area contributed by atoms with Gasteiger partial charge in [0.05, 0.1) is 17.7 Å². The maximum absolute atomic E-state index is 13.1. The third-order valence-electron chi connectivity index (χ3n) is 4.20. The Morgan fingerprint density at radius 1 is 1.35 bits per heavy atom. The number of benzene rings is 1. The molecular weight excluding hydrogens is 369 g/mol. The van der Waals surface area contributed by atoms with Crippen LogP contribution in [0.4, 0.5) is 4.39 Å². The van der Waals surface area contributed by atoms with Gasteiger partial charge in [-0.15, -0.1) is 0 Å². The van der Waals surface area contributed by atoms with Gasteiger partial charge in [-0.1, -0.05) is 0 Å². The van der Waals surface area contributed by atoms with Crippen molar-refractivity contribution in [3.8, 4) is 5.75 Å². The van der Waals surface area contributed by atoms with E-state index in [2.05, 4.69) is 15.9 Å². The second-order valence-corrected chi connectivity index (χ2v) is 6.62. The van der Waals surface area contributed by atoms with Gasteiger partial charge in [0, 0.05) is 25.9 Å². The van der Waals surface area contributed by atoms with Crippen LogP contribution in [0.3, 0.4) is 0 Å². The Balaban J connectivity index is 1.57. The molecule has 2 fully saturated rings. The van der Waals surface area contributed by atoms with Gasteiger partial charge < -0.3 is 19.1 Å². The first kappa shape index (κ1) is 16.7. The van der Waals surface area contributed by atoms with Gasteiger partial charge >= 0.3 is 0 Å². The maximum Gasteiger partial charge on any atom is 0.263 e. The van der Waals surface area contributed by atoms with Crippen molar-refractivity contribution in [3.05, 3.63) is 28.5 Å². The minimum atomic E-state index is -0.642. The van der Waals surface area contributed by atoms with E-state index < -0.39 is 11.9 Å². The fourth-order valence-electron chi connectivity index (χ4n) is 2.92. The molecule has 1 aromatic rings. The zero-order chi connectivity index (χ0) is 16.4. The van der Waals surface area contributed by atoms with Crippen LogP contribution in [0.2, 0.25) is 0 Å². The Hall–Kier alpha value is -1.18. The summed E-state index contributed by atoms with van der Waals surface area (Å²) in [5.74, 6) is -0.501. The fourth-order valence-corrected chi connectivity index (χ4v) is 3.37. The molecule has 5 nitrogen and oxygen atoms in total. The Labute approximate surface area is 142 Å². The summed E-state index contributed by atoms with van der Waals surface area (Å²) in [6, 6.07) is 4.12. The number of carbonyl (C=O) groups is 1. The van der Waals surface area contributed by atoms with E-state index in [1.54, 1.807) is 11.8 Å². The lowest BCUT2D eigenvalue weighted by molar-refractivity contribution is -0.188. The van der Waals surface area contributed by atoms with Crippen LogP contribution >= 0.6 is 15.9 Å². The number of rotatable bonds is 3. The lowest BCUT2D eigenvalue weighted by Gasteiger charge is -2.38. The van der Waals surface area contributed by atoms with Gasteiger partial charge in [0.1, 0.15) is 11.6 Å². The molecule has 7 heteroatoms. The number of piperidine rings is 1. The second-order valence-electron chi connectivity index (χ2n) is 5.77. The van der Waals surface area contributed by atoms with Crippen LogP contribution in [0.15, 0.2) is 22.7 Å². The van der Waals surface area contributed by atoms with Crippen molar-refractivity contribution >= 4 is 21.8 Å². The molecule has 23 heavy (non-hydrogen) atoms. The summed E-state index contributed by atoms with van der Waals surface area (Å²) in [4.78, 5) is 14.3. The zero-order valence-corrected chi connectivity index (χ0v) is 14.5. The number of amides is 1. The predicted octanol–water partition coefficient (Wildman–Crippen LogP) is 2.72. The smallest absolute Gasteiger partial charge is 0.263 e. The highest BCUT2D eigenvalue weighted by atomic mass is 79.9. The molecule has 0 unspecified atom stereocenters. The molecule has 1 amide bonds. The number of nitrogens with zero attached hydrogens (tertiary/aromatic N) is 1. The van der Waals surface area contributed by atoms with Gasteiger partial charge in [0.25, 0.3) is 5.91 Å². The summed E-state index contributed by atoms with van der Waals surface area (Å²) in [6.45, 7) is 4.09. The average molecular weight is 388 g/mol. The third-order valence-corrected chi connectivity index (χ3v) is 4.82. The van der Waals surface area contributed by atoms with Crippen LogP contribution in [0.1, 0.15) is 19.8 Å². The summed E-state index contributed by atoms with van der Waals surface area (Å²) in [5, 5.41) is 0. The number of hydrogen-bond acceptors (Lipinski definition) is 4. The minimum Gasteiger partial charge on any atom is -0.480 e. The normalized spacial score (nSPS) is 21.4. The third kappa shape index (κ3) is 3.67. The fraction of sp³-hybridized carbons (Fsp3) is 0.562. The topological polar surface area (TPSA) is 48.0 Å². The molecule has 0 N–H and O–H groups in total. The molecule has 0 radical (unpaired) electrons. The molecule has 2 heterocycles. The van der Waals surface area contributed by atoms with Crippen molar-refractivity contribution in [2.45, 2.75) is 31.7 Å². The molecule has 0 aliphatic carbocycles. The molecule has 3 rings (SSSR count). The SMILES string of the molecule is C[C@H](Oc1ccc(F)cc1Br)C(=O)N1CCC2(CC1)OCCO2. The first-order valence-electron chi connectivity index (χ1n) is 7.67. The van der Waals surface area contributed by atoms with Crippen molar-refractivity contribution in [3.63, 3.8) is 0 Å². The van der Waals surface area contributed by atoms with Gasteiger partial charge in [0.15, 0.2) is 11.9 Å². The molecule has 1 atom stereocenters. The standard InChI is InChI=1S/C16H19BrFNO4/c1-11(23-14-3-2-12(18)10-13(14)17)15(20)19-6-4-16(5-7-19)21-8-9-22-16/h2-3,10-11H,4-9H2,1H3/t11-/m0/s1. The number of ether oxygens (including phenoxy) is 3. The predicted molar refractivity (Wildman–Crippen MR) is 84.6 cm³/mol. The van der Waals surface area contributed by atoms with Crippen molar-refractivity contribution in [2.75, 3.05) is 26.3 Å². The van der Waals surface area contributed by atoms with Crippen LogP contribution in [-0.4, -0.2) is 49.0 Å². The largest absolute Gasteiger partial charge is 0.480 e. The Kier molecular flexibility index (Phi) is 4.89. The highest BCUT2D eigenvalue weighted by Gasteiger charge is 2.41. The Bertz CT molecular complexity index is 581. The van der Waals surface area contributed by atoms with Crippen LogP contribution in [0.25, 0.3) is 0 Å². The number of halogens is 2. The Morgan fingerprint density at radius 3 is 2.61 bits per heavy atom. The molecule has 126 valence electrons. The van der Waals surface area contributed by atoms with Crippen molar-refractivity contribution in [2.24, 2.45) is 0 Å². The minimum absolute atomic E-state index is 0.0888. The van der Waals surface area contributed by atoms with Crippen LogP contribution in [0.5, 0.6) is 5.75 Å². The lowest BCUT2D eigenvalue weighted by atomic mass is 10.0.